The minimum atomic E-state index is -0.516. The number of benzene rings is 2. The molecule has 4 nitrogen and oxygen atoms in total. The first-order valence-electron chi connectivity index (χ1n) is 6.55. The summed E-state index contributed by atoms with van der Waals surface area (Å²) in [5.41, 5.74) is 1.60. The van der Waals surface area contributed by atoms with Gasteiger partial charge in [-0.3, -0.25) is 9.59 Å². The Hall–Kier alpha value is -2.40. The van der Waals surface area contributed by atoms with Crippen molar-refractivity contribution >= 4 is 34.7 Å². The van der Waals surface area contributed by atoms with E-state index in [1.165, 1.54) is 25.1 Å². The van der Waals surface area contributed by atoms with E-state index in [1.807, 2.05) is 0 Å². The third-order valence-electron chi connectivity index (χ3n) is 2.93. The minimum absolute atomic E-state index is 0.00768. The maximum absolute atomic E-state index is 13.0. The van der Waals surface area contributed by atoms with Crippen molar-refractivity contribution in [3.8, 4) is 0 Å². The number of nitrogens with one attached hydrogen (secondary N) is 2. The van der Waals surface area contributed by atoms with Gasteiger partial charge in [-0.05, 0) is 37.3 Å². The van der Waals surface area contributed by atoms with Crippen LogP contribution in [0.4, 0.5) is 15.8 Å². The Morgan fingerprint density at radius 3 is 2.59 bits per heavy atom. The zero-order valence-corrected chi connectivity index (χ0v) is 12.6. The van der Waals surface area contributed by atoms with Crippen LogP contribution in [-0.4, -0.2) is 18.2 Å². The van der Waals surface area contributed by atoms with Crippen LogP contribution in [0.5, 0.6) is 0 Å². The van der Waals surface area contributed by atoms with Crippen LogP contribution in [0.2, 0.25) is 5.02 Å². The molecule has 0 saturated carbocycles. The van der Waals surface area contributed by atoms with Gasteiger partial charge in [-0.1, -0.05) is 23.7 Å². The van der Waals surface area contributed by atoms with Crippen molar-refractivity contribution in [3.63, 3.8) is 0 Å². The second-order valence-electron chi connectivity index (χ2n) is 4.67. The van der Waals surface area contributed by atoms with Gasteiger partial charge in [-0.2, -0.15) is 0 Å². The number of halogens is 2. The van der Waals surface area contributed by atoms with Crippen molar-refractivity contribution in [1.29, 1.82) is 0 Å². The molecule has 0 saturated heterocycles. The average Bonchev–Trinajstić information content (AvgIpc) is 2.49. The lowest BCUT2D eigenvalue weighted by Crippen LogP contribution is -2.21. The molecule has 1 amide bonds. The maximum atomic E-state index is 13.0. The molecule has 0 unspecified atom stereocenters. The predicted octanol–water partition coefficient (Wildman–Crippen LogP) is 3.73. The van der Waals surface area contributed by atoms with Crippen molar-refractivity contribution in [3.05, 3.63) is 58.9 Å². The van der Waals surface area contributed by atoms with Gasteiger partial charge in [0.15, 0.2) is 5.78 Å². The topological polar surface area (TPSA) is 58.2 Å². The molecule has 2 N–H and O–H groups in total. The van der Waals surface area contributed by atoms with E-state index in [2.05, 4.69) is 10.6 Å². The number of anilines is 2. The number of hydrogen-bond acceptors (Lipinski definition) is 3. The van der Waals surface area contributed by atoms with Crippen LogP contribution >= 0.6 is 11.6 Å². The fraction of sp³-hybridized carbons (Fsp3) is 0.125. The number of amides is 1. The van der Waals surface area contributed by atoms with Crippen LogP contribution in [-0.2, 0) is 4.79 Å². The first kappa shape index (κ1) is 16.0. The Kier molecular flexibility index (Phi) is 5.12. The summed E-state index contributed by atoms with van der Waals surface area (Å²) in [6, 6.07) is 10.8. The fourth-order valence-corrected chi connectivity index (χ4v) is 1.99. The standard InChI is InChI=1S/C16H14ClFN2O2/c1-10(21)11-3-2-4-13(7-11)20-16(22)9-19-12-5-6-15(18)14(17)8-12/h2-8,19H,9H2,1H3,(H,20,22). The van der Waals surface area contributed by atoms with Gasteiger partial charge in [0, 0.05) is 16.9 Å². The molecular weight excluding hydrogens is 307 g/mol. The van der Waals surface area contributed by atoms with Crippen molar-refractivity contribution in [2.75, 3.05) is 17.2 Å². The smallest absolute Gasteiger partial charge is 0.243 e. The van der Waals surface area contributed by atoms with Crippen LogP contribution < -0.4 is 10.6 Å². The Morgan fingerprint density at radius 1 is 1.14 bits per heavy atom. The van der Waals surface area contributed by atoms with Gasteiger partial charge in [0.1, 0.15) is 5.82 Å². The second-order valence-corrected chi connectivity index (χ2v) is 5.07. The third-order valence-corrected chi connectivity index (χ3v) is 3.22. The molecule has 0 atom stereocenters. The summed E-state index contributed by atoms with van der Waals surface area (Å²) in [4.78, 5) is 23.1. The molecule has 0 aromatic heterocycles. The molecule has 6 heteroatoms. The van der Waals surface area contributed by atoms with Gasteiger partial charge < -0.3 is 10.6 Å². The van der Waals surface area contributed by atoms with E-state index in [4.69, 9.17) is 11.6 Å². The number of carbonyl (C=O) groups is 2. The fourth-order valence-electron chi connectivity index (χ4n) is 1.81. The summed E-state index contributed by atoms with van der Waals surface area (Å²) in [5, 5.41) is 5.50. The van der Waals surface area contributed by atoms with Crippen LogP contribution in [0.1, 0.15) is 17.3 Å². The normalized spacial score (nSPS) is 10.1. The zero-order valence-electron chi connectivity index (χ0n) is 11.8. The summed E-state index contributed by atoms with van der Waals surface area (Å²) < 4.78 is 13.0. The van der Waals surface area contributed by atoms with E-state index in [1.54, 1.807) is 24.3 Å². The first-order chi connectivity index (χ1) is 10.5. The monoisotopic (exact) mass is 320 g/mol. The molecule has 2 aromatic rings. The van der Waals surface area contributed by atoms with Crippen molar-refractivity contribution in [2.24, 2.45) is 0 Å². The van der Waals surface area contributed by atoms with Crippen LogP contribution in [0, 0.1) is 5.82 Å². The SMILES string of the molecule is CC(=O)c1cccc(NC(=O)CNc2ccc(F)c(Cl)c2)c1. The molecule has 0 bridgehead atoms. The van der Waals surface area contributed by atoms with E-state index in [0.717, 1.165) is 0 Å². The van der Waals surface area contributed by atoms with E-state index in [0.29, 0.717) is 16.9 Å². The highest BCUT2D eigenvalue weighted by Crippen LogP contribution is 2.19. The van der Waals surface area contributed by atoms with Crippen LogP contribution in [0.25, 0.3) is 0 Å². The summed E-state index contributed by atoms with van der Waals surface area (Å²) in [5.74, 6) is -0.881. The highest BCUT2D eigenvalue weighted by molar-refractivity contribution is 6.31. The quantitative estimate of drug-likeness (QED) is 0.825. The summed E-state index contributed by atoms with van der Waals surface area (Å²) in [6.45, 7) is 1.45. The Bertz CT molecular complexity index is 719. The van der Waals surface area contributed by atoms with E-state index >= 15 is 0 Å². The number of ketones is 1. The molecule has 22 heavy (non-hydrogen) atoms. The number of rotatable bonds is 5. The molecule has 0 radical (unpaired) electrons. The molecule has 0 aliphatic heterocycles. The molecule has 114 valence electrons. The zero-order chi connectivity index (χ0) is 16.1. The third kappa shape index (κ3) is 4.30. The highest BCUT2D eigenvalue weighted by atomic mass is 35.5. The van der Waals surface area contributed by atoms with Crippen LogP contribution in [0.15, 0.2) is 42.5 Å². The maximum Gasteiger partial charge on any atom is 0.243 e. The van der Waals surface area contributed by atoms with E-state index < -0.39 is 5.82 Å². The Balaban J connectivity index is 1.94. The predicted molar refractivity (Wildman–Crippen MR) is 85.0 cm³/mol. The lowest BCUT2D eigenvalue weighted by molar-refractivity contribution is -0.114. The molecule has 0 aliphatic rings. The molecule has 2 rings (SSSR count). The molecule has 2 aromatic carbocycles. The van der Waals surface area contributed by atoms with Gasteiger partial charge >= 0.3 is 0 Å². The van der Waals surface area contributed by atoms with Crippen molar-refractivity contribution < 1.29 is 14.0 Å². The second kappa shape index (κ2) is 7.04. The summed E-state index contributed by atoms with van der Waals surface area (Å²) in [7, 11) is 0. The minimum Gasteiger partial charge on any atom is -0.376 e. The van der Waals surface area contributed by atoms with Gasteiger partial charge in [-0.25, -0.2) is 4.39 Å². The largest absolute Gasteiger partial charge is 0.376 e. The van der Waals surface area contributed by atoms with Crippen molar-refractivity contribution in [2.45, 2.75) is 6.92 Å². The van der Waals surface area contributed by atoms with Gasteiger partial charge in [0.2, 0.25) is 5.91 Å². The summed E-state index contributed by atoms with van der Waals surface area (Å²) in [6.07, 6.45) is 0. The lowest BCUT2D eigenvalue weighted by atomic mass is 10.1. The number of hydrogen-bond donors (Lipinski definition) is 2. The van der Waals surface area contributed by atoms with Crippen LogP contribution in [0.3, 0.4) is 0 Å². The first-order valence-corrected chi connectivity index (χ1v) is 6.93. The molecule has 0 fully saturated rings. The number of Topliss-reactive ketones (excluding diaryl/α,β-unsaturated/α-hetero) is 1. The van der Waals surface area contributed by atoms with Gasteiger partial charge in [0.25, 0.3) is 0 Å². The van der Waals surface area contributed by atoms with E-state index in [9.17, 15) is 14.0 Å². The van der Waals surface area contributed by atoms with E-state index in [-0.39, 0.29) is 23.3 Å². The molecule has 0 aliphatic carbocycles. The summed E-state index contributed by atoms with van der Waals surface area (Å²) >= 11 is 5.66. The molecular formula is C16H14ClFN2O2. The Morgan fingerprint density at radius 2 is 1.91 bits per heavy atom. The average molecular weight is 321 g/mol. The lowest BCUT2D eigenvalue weighted by Gasteiger charge is -2.09. The van der Waals surface area contributed by atoms with Gasteiger partial charge in [0.05, 0.1) is 11.6 Å². The highest BCUT2D eigenvalue weighted by Gasteiger charge is 2.06. The van der Waals surface area contributed by atoms with Crippen molar-refractivity contribution in [1.82, 2.24) is 0 Å². The number of carbonyl (C=O) groups excluding carboxylic acids is 2. The molecule has 0 heterocycles. The molecule has 0 spiro atoms. The Labute approximate surface area is 132 Å². The van der Waals surface area contributed by atoms with Gasteiger partial charge in [-0.15, -0.1) is 0 Å².